The van der Waals surface area contributed by atoms with Crippen molar-refractivity contribution < 1.29 is 28.9 Å². The first-order chi connectivity index (χ1) is 13.9. The van der Waals surface area contributed by atoms with Crippen molar-refractivity contribution in [2.75, 3.05) is 26.6 Å². The quantitative estimate of drug-likeness (QED) is 0.600. The van der Waals surface area contributed by atoms with E-state index in [2.05, 4.69) is 0 Å². The molecule has 3 aliphatic rings. The number of rotatable bonds is 5. The van der Waals surface area contributed by atoms with Gasteiger partial charge in [-0.05, 0) is 50.3 Å². The van der Waals surface area contributed by atoms with Crippen molar-refractivity contribution in [1.29, 1.82) is 0 Å². The minimum Gasteiger partial charge on any atom is -0.509 e. The Kier molecular flexibility index (Phi) is 5.42. The Morgan fingerprint density at radius 1 is 1.10 bits per heavy atom. The molecule has 1 saturated carbocycles. The van der Waals surface area contributed by atoms with Crippen LogP contribution in [0.2, 0.25) is 0 Å². The molecule has 7 heteroatoms. The smallest absolute Gasteiger partial charge is 0.282 e. The molecule has 1 aromatic carbocycles. The van der Waals surface area contributed by atoms with Gasteiger partial charge in [-0.2, -0.15) is 0 Å². The fraction of sp³-hybridized carbons (Fsp3) is 0.591. The van der Waals surface area contributed by atoms with Gasteiger partial charge in [0, 0.05) is 19.4 Å². The molecule has 2 fully saturated rings. The zero-order chi connectivity index (χ0) is 20.6. The van der Waals surface area contributed by atoms with Gasteiger partial charge in [-0.25, -0.2) is 9.90 Å². The van der Waals surface area contributed by atoms with Crippen molar-refractivity contribution in [3.8, 4) is 0 Å². The number of hydroxylamine groups is 2. The number of aliphatic hydroxyl groups excluding tert-OH is 1. The molecule has 0 radical (unpaired) electrons. The predicted molar refractivity (Wildman–Crippen MR) is 106 cm³/mol. The standard InChI is InChI=1S/C22H29NO6/c1-4-26-14-29-23-20(25)18(17-15(2)6-5-7-16(17)3)19(24)21(23)8-10-22(11-9-21)27-12-13-28-22/h5-7,24H,4,8-14H2,1-3H3. The van der Waals surface area contributed by atoms with Crippen molar-refractivity contribution in [1.82, 2.24) is 5.06 Å². The van der Waals surface area contributed by atoms with Crippen LogP contribution in [-0.4, -0.2) is 54.0 Å². The highest BCUT2D eigenvalue weighted by Gasteiger charge is 2.58. The van der Waals surface area contributed by atoms with Crippen LogP contribution in [0.15, 0.2) is 24.0 Å². The van der Waals surface area contributed by atoms with E-state index >= 15 is 0 Å². The van der Waals surface area contributed by atoms with Crippen LogP contribution >= 0.6 is 0 Å². The number of hydrogen-bond donors (Lipinski definition) is 1. The fourth-order valence-electron chi connectivity index (χ4n) is 4.79. The number of hydrogen-bond acceptors (Lipinski definition) is 6. The number of aliphatic hydroxyl groups is 1. The predicted octanol–water partition coefficient (Wildman–Crippen LogP) is 3.40. The van der Waals surface area contributed by atoms with Crippen molar-refractivity contribution in [2.24, 2.45) is 0 Å². The van der Waals surface area contributed by atoms with Gasteiger partial charge in [-0.15, -0.1) is 0 Å². The van der Waals surface area contributed by atoms with Crippen LogP contribution in [0.5, 0.6) is 0 Å². The van der Waals surface area contributed by atoms with E-state index in [9.17, 15) is 9.90 Å². The molecule has 158 valence electrons. The third kappa shape index (κ3) is 3.26. The maximum Gasteiger partial charge on any atom is 0.282 e. The molecule has 1 saturated heterocycles. The molecule has 2 heterocycles. The lowest BCUT2D eigenvalue weighted by atomic mass is 9.77. The Morgan fingerprint density at radius 2 is 1.72 bits per heavy atom. The number of amides is 1. The van der Waals surface area contributed by atoms with Gasteiger partial charge in [-0.3, -0.25) is 4.79 Å². The normalized spacial score (nSPS) is 23.0. The average molecular weight is 403 g/mol. The van der Waals surface area contributed by atoms with Gasteiger partial charge in [0.25, 0.3) is 5.91 Å². The molecular weight excluding hydrogens is 374 g/mol. The third-order valence-corrected chi connectivity index (χ3v) is 6.32. The van der Waals surface area contributed by atoms with Gasteiger partial charge < -0.3 is 19.3 Å². The van der Waals surface area contributed by atoms with E-state index in [0.717, 1.165) is 16.7 Å². The second kappa shape index (κ2) is 7.72. The van der Waals surface area contributed by atoms with Crippen molar-refractivity contribution >= 4 is 11.5 Å². The van der Waals surface area contributed by atoms with E-state index in [1.807, 2.05) is 39.0 Å². The Bertz CT molecular complexity index is 796. The van der Waals surface area contributed by atoms with E-state index in [1.54, 1.807) is 0 Å². The summed E-state index contributed by atoms with van der Waals surface area (Å²) in [6.07, 6.45) is 2.15. The molecule has 2 aliphatic heterocycles. The summed E-state index contributed by atoms with van der Waals surface area (Å²) in [7, 11) is 0. The molecule has 0 bridgehead atoms. The summed E-state index contributed by atoms with van der Waals surface area (Å²) in [6, 6.07) is 5.84. The molecule has 7 nitrogen and oxygen atoms in total. The summed E-state index contributed by atoms with van der Waals surface area (Å²) >= 11 is 0. The molecule has 2 spiro atoms. The largest absolute Gasteiger partial charge is 0.509 e. The zero-order valence-corrected chi connectivity index (χ0v) is 17.3. The van der Waals surface area contributed by atoms with Gasteiger partial charge >= 0.3 is 0 Å². The number of nitrogens with zero attached hydrogens (tertiary/aromatic N) is 1. The van der Waals surface area contributed by atoms with E-state index in [4.69, 9.17) is 19.0 Å². The SMILES string of the molecule is CCOCON1C(=O)C(c2c(C)cccc2C)=C(O)C12CCC1(CC2)OCCO1. The minimum atomic E-state index is -0.932. The van der Waals surface area contributed by atoms with Gasteiger partial charge in [-0.1, -0.05) is 18.2 Å². The van der Waals surface area contributed by atoms with Crippen LogP contribution in [-0.2, 0) is 23.8 Å². The summed E-state index contributed by atoms with van der Waals surface area (Å²) in [5.74, 6) is -0.866. The molecule has 1 aliphatic carbocycles. The van der Waals surface area contributed by atoms with Gasteiger partial charge in [0.15, 0.2) is 12.6 Å². The lowest BCUT2D eigenvalue weighted by molar-refractivity contribution is -0.267. The first-order valence-electron chi connectivity index (χ1n) is 10.3. The second-order valence-corrected chi connectivity index (χ2v) is 7.97. The number of ether oxygens (including phenoxy) is 3. The van der Waals surface area contributed by atoms with E-state index in [0.29, 0.717) is 51.1 Å². The summed E-state index contributed by atoms with van der Waals surface area (Å²) in [4.78, 5) is 19.2. The number of benzene rings is 1. The highest BCUT2D eigenvalue weighted by molar-refractivity contribution is 6.23. The summed E-state index contributed by atoms with van der Waals surface area (Å²) in [5.41, 5.74) is 2.04. The van der Waals surface area contributed by atoms with Gasteiger partial charge in [0.2, 0.25) is 0 Å². The number of aryl methyl sites for hydroxylation is 2. The topological polar surface area (TPSA) is 77.5 Å². The third-order valence-electron chi connectivity index (χ3n) is 6.32. The van der Waals surface area contributed by atoms with Crippen LogP contribution in [0.3, 0.4) is 0 Å². The summed E-state index contributed by atoms with van der Waals surface area (Å²) in [5, 5.41) is 12.7. The van der Waals surface area contributed by atoms with E-state index in [1.165, 1.54) is 5.06 Å². The average Bonchev–Trinajstić information content (AvgIpc) is 3.23. The molecule has 1 aromatic rings. The Balaban J connectivity index is 1.73. The molecule has 29 heavy (non-hydrogen) atoms. The Labute approximate surface area is 171 Å². The van der Waals surface area contributed by atoms with Crippen LogP contribution in [0.4, 0.5) is 0 Å². The summed E-state index contributed by atoms with van der Waals surface area (Å²) < 4.78 is 17.0. The maximum atomic E-state index is 13.5. The molecule has 4 rings (SSSR count). The Morgan fingerprint density at radius 3 is 2.31 bits per heavy atom. The lowest BCUT2D eigenvalue weighted by Crippen LogP contribution is -2.54. The maximum absolute atomic E-state index is 13.5. The van der Waals surface area contributed by atoms with Crippen molar-refractivity contribution in [3.05, 3.63) is 40.6 Å². The summed E-state index contributed by atoms with van der Waals surface area (Å²) in [6.45, 7) is 7.34. The molecule has 1 amide bonds. The number of carbonyl (C=O) groups is 1. The van der Waals surface area contributed by atoms with Crippen LogP contribution in [0.25, 0.3) is 5.57 Å². The van der Waals surface area contributed by atoms with E-state index < -0.39 is 11.3 Å². The first kappa shape index (κ1) is 20.3. The molecule has 0 unspecified atom stereocenters. The van der Waals surface area contributed by atoms with Crippen molar-refractivity contribution in [3.63, 3.8) is 0 Å². The fourth-order valence-corrected chi connectivity index (χ4v) is 4.79. The van der Waals surface area contributed by atoms with Crippen LogP contribution in [0.1, 0.15) is 49.3 Å². The monoisotopic (exact) mass is 403 g/mol. The van der Waals surface area contributed by atoms with Gasteiger partial charge in [0.05, 0.1) is 18.8 Å². The molecular formula is C22H29NO6. The minimum absolute atomic E-state index is 0.0462. The first-order valence-corrected chi connectivity index (χ1v) is 10.3. The van der Waals surface area contributed by atoms with E-state index in [-0.39, 0.29) is 18.5 Å². The molecule has 0 aromatic heterocycles. The van der Waals surface area contributed by atoms with Crippen molar-refractivity contribution in [2.45, 2.75) is 57.8 Å². The van der Waals surface area contributed by atoms with Gasteiger partial charge in [0.1, 0.15) is 11.3 Å². The second-order valence-electron chi connectivity index (χ2n) is 7.97. The Hall–Kier alpha value is -1.93. The zero-order valence-electron chi connectivity index (χ0n) is 17.3. The lowest BCUT2D eigenvalue weighted by Gasteiger charge is -2.44. The highest BCUT2D eigenvalue weighted by atomic mass is 16.8. The highest BCUT2D eigenvalue weighted by Crippen LogP contribution is 2.51. The van der Waals surface area contributed by atoms with Crippen LogP contribution in [0, 0.1) is 13.8 Å². The van der Waals surface area contributed by atoms with Crippen LogP contribution < -0.4 is 0 Å². The molecule has 1 N–H and O–H groups in total. The number of carbonyl (C=O) groups excluding carboxylic acids is 1. The molecule has 0 atom stereocenters.